The predicted octanol–water partition coefficient (Wildman–Crippen LogP) is 3.83. The molecule has 0 saturated carbocycles. The number of nitrogens with one attached hydrogen (secondary N) is 2. The summed E-state index contributed by atoms with van der Waals surface area (Å²) < 4.78 is 22.9. The molecule has 0 aromatic heterocycles. The smallest absolute Gasteiger partial charge is 0.190 e. The molecule has 0 aliphatic rings. The van der Waals surface area contributed by atoms with Gasteiger partial charge >= 0.3 is 0 Å². The van der Waals surface area contributed by atoms with Crippen LogP contribution in [0.2, 0.25) is 0 Å². The summed E-state index contributed by atoms with van der Waals surface area (Å²) in [7, 11) is -1.20. The van der Waals surface area contributed by atoms with Crippen LogP contribution in [-0.2, 0) is 9.84 Å². The predicted molar refractivity (Wildman–Crippen MR) is 127 cm³/mol. The van der Waals surface area contributed by atoms with Crippen molar-refractivity contribution in [3.8, 4) is 0 Å². The number of aliphatic imine (C=N–C) groups is 1. The largest absolute Gasteiger partial charge is 0.356 e. The fourth-order valence-corrected chi connectivity index (χ4v) is 4.25. The molecular weight excluding hydrogens is 394 g/mol. The van der Waals surface area contributed by atoms with Crippen molar-refractivity contribution >= 4 is 15.8 Å². The van der Waals surface area contributed by atoms with Gasteiger partial charge in [-0.15, -0.1) is 0 Å². The van der Waals surface area contributed by atoms with E-state index in [0.29, 0.717) is 18.9 Å². The Hall–Kier alpha value is -2.34. The first-order valence-corrected chi connectivity index (χ1v) is 12.5. The van der Waals surface area contributed by atoms with E-state index in [1.807, 2.05) is 12.1 Å². The van der Waals surface area contributed by atoms with E-state index in [0.717, 1.165) is 18.9 Å². The van der Waals surface area contributed by atoms with Gasteiger partial charge in [-0.1, -0.05) is 74.5 Å². The molecule has 164 valence electrons. The number of benzene rings is 2. The molecule has 2 N–H and O–H groups in total. The Balaban J connectivity index is 1.92. The lowest BCUT2D eigenvalue weighted by molar-refractivity contribution is 0.348. The van der Waals surface area contributed by atoms with Crippen LogP contribution < -0.4 is 10.6 Å². The van der Waals surface area contributed by atoms with Gasteiger partial charge in [0.1, 0.15) is 9.84 Å². The molecule has 30 heavy (non-hydrogen) atoms. The van der Waals surface area contributed by atoms with Gasteiger partial charge in [0, 0.05) is 32.3 Å². The van der Waals surface area contributed by atoms with Crippen LogP contribution in [0, 0.1) is 5.41 Å². The first-order chi connectivity index (χ1) is 14.2. The second kappa shape index (κ2) is 11.2. The second-order valence-corrected chi connectivity index (χ2v) is 10.8. The molecule has 2 aromatic rings. The fourth-order valence-electron chi connectivity index (χ4n) is 3.33. The van der Waals surface area contributed by atoms with Gasteiger partial charge in [0.2, 0.25) is 0 Å². The minimum Gasteiger partial charge on any atom is -0.356 e. The van der Waals surface area contributed by atoms with Crippen LogP contribution >= 0.6 is 0 Å². The van der Waals surface area contributed by atoms with E-state index in [-0.39, 0.29) is 11.2 Å². The molecule has 0 atom stereocenters. The van der Waals surface area contributed by atoms with E-state index in [1.54, 1.807) is 7.05 Å². The summed E-state index contributed by atoms with van der Waals surface area (Å²) in [6.45, 7) is 5.57. The van der Waals surface area contributed by atoms with Crippen molar-refractivity contribution in [3.05, 3.63) is 71.8 Å². The Morgan fingerprint density at radius 1 is 0.967 bits per heavy atom. The Bertz CT molecular complexity index is 855. The zero-order valence-corrected chi connectivity index (χ0v) is 19.4. The molecular formula is C24H35N3O2S. The van der Waals surface area contributed by atoms with E-state index < -0.39 is 9.84 Å². The summed E-state index contributed by atoms with van der Waals surface area (Å²) in [5.41, 5.74) is 2.46. The van der Waals surface area contributed by atoms with Crippen molar-refractivity contribution in [1.29, 1.82) is 0 Å². The van der Waals surface area contributed by atoms with Crippen molar-refractivity contribution in [2.75, 3.05) is 32.1 Å². The minimum atomic E-state index is -2.95. The highest BCUT2D eigenvalue weighted by Gasteiger charge is 2.21. The quantitative estimate of drug-likeness (QED) is 0.445. The number of nitrogens with zero attached hydrogens (tertiary/aromatic N) is 1. The molecule has 0 unspecified atom stereocenters. The summed E-state index contributed by atoms with van der Waals surface area (Å²) in [6, 6.07) is 21.1. The summed E-state index contributed by atoms with van der Waals surface area (Å²) in [4.78, 5) is 4.32. The van der Waals surface area contributed by atoms with Crippen LogP contribution in [0.25, 0.3) is 0 Å². The normalized spacial score (nSPS) is 12.8. The van der Waals surface area contributed by atoms with Gasteiger partial charge in [-0.25, -0.2) is 8.42 Å². The van der Waals surface area contributed by atoms with Gasteiger partial charge < -0.3 is 10.6 Å². The molecule has 2 rings (SSSR count). The third-order valence-electron chi connectivity index (χ3n) is 5.24. The number of hydrogen-bond acceptors (Lipinski definition) is 3. The summed E-state index contributed by atoms with van der Waals surface area (Å²) in [5, 5.41) is 6.75. The molecule has 0 radical (unpaired) electrons. The number of rotatable bonds is 10. The van der Waals surface area contributed by atoms with Crippen molar-refractivity contribution in [2.45, 2.75) is 32.6 Å². The van der Waals surface area contributed by atoms with Gasteiger partial charge in [-0.2, -0.15) is 0 Å². The Morgan fingerprint density at radius 2 is 1.50 bits per heavy atom. The van der Waals surface area contributed by atoms with E-state index in [1.165, 1.54) is 17.4 Å². The van der Waals surface area contributed by atoms with Gasteiger partial charge in [-0.05, 0) is 29.4 Å². The topological polar surface area (TPSA) is 70.6 Å². The summed E-state index contributed by atoms with van der Waals surface area (Å²) in [6.07, 6.45) is 2.83. The maximum atomic E-state index is 11.5. The Morgan fingerprint density at radius 3 is 1.97 bits per heavy atom. The molecule has 6 heteroatoms. The van der Waals surface area contributed by atoms with Crippen LogP contribution in [0.5, 0.6) is 0 Å². The molecule has 0 aliphatic heterocycles. The van der Waals surface area contributed by atoms with Crippen molar-refractivity contribution in [3.63, 3.8) is 0 Å². The number of hydrogen-bond donors (Lipinski definition) is 2. The number of sulfone groups is 1. The maximum Gasteiger partial charge on any atom is 0.190 e. The lowest BCUT2D eigenvalue weighted by Gasteiger charge is -2.26. The van der Waals surface area contributed by atoms with Crippen molar-refractivity contribution in [1.82, 2.24) is 10.6 Å². The van der Waals surface area contributed by atoms with Gasteiger partial charge in [-0.3, -0.25) is 4.99 Å². The molecule has 0 spiro atoms. The third kappa shape index (κ3) is 8.57. The minimum absolute atomic E-state index is 0.142. The average molecular weight is 430 g/mol. The molecule has 5 nitrogen and oxygen atoms in total. The second-order valence-electron chi connectivity index (χ2n) is 8.56. The zero-order chi connectivity index (χ0) is 22.0. The highest BCUT2D eigenvalue weighted by Crippen LogP contribution is 2.27. The van der Waals surface area contributed by atoms with E-state index in [4.69, 9.17) is 0 Å². The molecule has 0 saturated heterocycles. The van der Waals surface area contributed by atoms with Crippen LogP contribution in [0.15, 0.2) is 65.7 Å². The first kappa shape index (κ1) is 23.9. The zero-order valence-electron chi connectivity index (χ0n) is 18.6. The molecule has 0 amide bonds. The first-order valence-electron chi connectivity index (χ1n) is 10.4. The van der Waals surface area contributed by atoms with E-state index in [9.17, 15) is 8.42 Å². The summed E-state index contributed by atoms with van der Waals surface area (Å²) in [5.74, 6) is 1.25. The monoisotopic (exact) mass is 429 g/mol. The van der Waals surface area contributed by atoms with Crippen molar-refractivity contribution in [2.24, 2.45) is 10.4 Å². The highest BCUT2D eigenvalue weighted by molar-refractivity contribution is 7.90. The Kier molecular flexibility index (Phi) is 8.90. The van der Waals surface area contributed by atoms with Crippen LogP contribution in [0.1, 0.15) is 43.7 Å². The van der Waals surface area contributed by atoms with Gasteiger partial charge in [0.15, 0.2) is 5.96 Å². The molecule has 0 aliphatic carbocycles. The Labute approximate surface area is 181 Å². The molecule has 0 bridgehead atoms. The molecule has 2 aromatic carbocycles. The van der Waals surface area contributed by atoms with Crippen LogP contribution in [-0.4, -0.2) is 46.5 Å². The molecule has 0 fully saturated rings. The average Bonchev–Trinajstić information content (AvgIpc) is 2.73. The molecule has 0 heterocycles. The SMILES string of the molecule is CN=C(NCCC(c1ccccc1)c1ccccc1)NCC(C)(C)CCS(C)(=O)=O. The maximum absolute atomic E-state index is 11.5. The van der Waals surface area contributed by atoms with Crippen LogP contribution in [0.3, 0.4) is 0 Å². The van der Waals surface area contributed by atoms with Gasteiger partial charge in [0.05, 0.1) is 5.75 Å². The van der Waals surface area contributed by atoms with Crippen molar-refractivity contribution < 1.29 is 8.42 Å². The lowest BCUT2D eigenvalue weighted by atomic mass is 9.88. The van der Waals surface area contributed by atoms with Gasteiger partial charge in [0.25, 0.3) is 0 Å². The fraction of sp³-hybridized carbons (Fsp3) is 0.458. The van der Waals surface area contributed by atoms with E-state index in [2.05, 4.69) is 78.0 Å². The summed E-state index contributed by atoms with van der Waals surface area (Å²) >= 11 is 0. The lowest BCUT2D eigenvalue weighted by Crippen LogP contribution is -2.43. The van der Waals surface area contributed by atoms with Crippen LogP contribution in [0.4, 0.5) is 0 Å². The third-order valence-corrected chi connectivity index (χ3v) is 6.18. The number of guanidine groups is 1. The van der Waals surface area contributed by atoms with E-state index >= 15 is 0 Å². The standard InChI is InChI=1S/C24H35N3O2S/c1-24(2,16-18-30(4,28)29)19-27-23(25-3)26-17-15-22(20-11-7-5-8-12-20)21-13-9-6-10-14-21/h5-14,22H,15-19H2,1-4H3,(H2,25,26,27). The highest BCUT2D eigenvalue weighted by atomic mass is 32.2.